The molecule has 0 bridgehead atoms. The van der Waals surface area contributed by atoms with Crippen molar-refractivity contribution in [1.82, 2.24) is 9.80 Å². The monoisotopic (exact) mass is 488 g/mol. The van der Waals surface area contributed by atoms with Crippen LogP contribution in [-0.2, 0) is 23.9 Å². The molecule has 194 valence electrons. The average molecular weight is 489 g/mol. The van der Waals surface area contributed by atoms with E-state index in [0.717, 1.165) is 12.8 Å². The highest BCUT2D eigenvalue weighted by atomic mass is 16.6. The van der Waals surface area contributed by atoms with E-state index in [4.69, 9.17) is 9.47 Å². The van der Waals surface area contributed by atoms with Crippen molar-refractivity contribution in [3.05, 3.63) is 24.3 Å². The number of amides is 2. The summed E-state index contributed by atoms with van der Waals surface area (Å²) >= 11 is 0. The molecule has 1 unspecified atom stereocenters. The van der Waals surface area contributed by atoms with E-state index < -0.39 is 41.1 Å². The number of esters is 1. The zero-order valence-electron chi connectivity index (χ0n) is 21.6. The lowest BCUT2D eigenvalue weighted by Gasteiger charge is -2.42. The van der Waals surface area contributed by atoms with E-state index in [1.54, 1.807) is 9.80 Å². The minimum Gasteiger partial charge on any atom is -0.465 e. The van der Waals surface area contributed by atoms with Crippen LogP contribution in [0, 0.1) is 17.8 Å². The molecular weight excluding hydrogens is 448 g/mol. The maximum atomic E-state index is 14.3. The molecule has 4 aliphatic rings. The lowest BCUT2D eigenvalue weighted by molar-refractivity contribution is -0.164. The molecule has 8 nitrogen and oxygen atoms in total. The Morgan fingerprint density at radius 1 is 1.09 bits per heavy atom. The second-order valence-electron chi connectivity index (χ2n) is 10.7. The minimum atomic E-state index is -1.32. The highest BCUT2D eigenvalue weighted by molar-refractivity contribution is 5.99. The van der Waals surface area contributed by atoms with Crippen molar-refractivity contribution in [3.8, 4) is 0 Å². The molecule has 2 saturated heterocycles. The van der Waals surface area contributed by atoms with Gasteiger partial charge < -0.3 is 24.4 Å². The number of aliphatic hydroxyl groups excluding tert-OH is 1. The molecule has 1 spiro atoms. The SMILES string of the molecule is CC[C@H](C)[C@H](CO)N1C(=O)[C@@H]2[C@H]3C(=O)OCCC/C=C\[C@@]3(CC)O[C@@]23C=CCN(C(C)C)C(=O)C13. The highest BCUT2D eigenvalue weighted by Crippen LogP contribution is 2.58. The van der Waals surface area contributed by atoms with Crippen LogP contribution in [0.25, 0.3) is 0 Å². The zero-order valence-corrected chi connectivity index (χ0v) is 21.6. The van der Waals surface area contributed by atoms with Gasteiger partial charge >= 0.3 is 5.97 Å². The van der Waals surface area contributed by atoms with E-state index in [2.05, 4.69) is 0 Å². The molecule has 8 heteroatoms. The number of aliphatic hydroxyl groups is 1. The van der Waals surface area contributed by atoms with Crippen LogP contribution in [0.4, 0.5) is 0 Å². The number of carbonyl (C=O) groups excluding carboxylic acids is 3. The molecule has 7 atom stereocenters. The second-order valence-corrected chi connectivity index (χ2v) is 10.7. The Kier molecular flexibility index (Phi) is 7.17. The molecule has 0 saturated carbocycles. The van der Waals surface area contributed by atoms with E-state index in [1.807, 2.05) is 58.9 Å². The quantitative estimate of drug-likeness (QED) is 0.456. The topological polar surface area (TPSA) is 96.4 Å². The molecule has 2 amide bonds. The smallest absolute Gasteiger partial charge is 0.313 e. The third-order valence-electron chi connectivity index (χ3n) is 8.57. The van der Waals surface area contributed by atoms with Gasteiger partial charge in [0.25, 0.3) is 0 Å². The van der Waals surface area contributed by atoms with E-state index in [-0.39, 0.29) is 37.0 Å². The molecule has 2 fully saturated rings. The van der Waals surface area contributed by atoms with Gasteiger partial charge in [0.2, 0.25) is 11.8 Å². The Bertz CT molecular complexity index is 915. The van der Waals surface area contributed by atoms with Crippen LogP contribution in [0.15, 0.2) is 24.3 Å². The Balaban J connectivity index is 1.94. The Morgan fingerprint density at radius 3 is 2.46 bits per heavy atom. The fourth-order valence-electron chi connectivity index (χ4n) is 6.47. The fraction of sp³-hybridized carbons (Fsp3) is 0.741. The van der Waals surface area contributed by atoms with E-state index in [9.17, 15) is 19.5 Å². The van der Waals surface area contributed by atoms with Crippen LogP contribution < -0.4 is 0 Å². The Hall–Kier alpha value is -2.19. The molecule has 4 rings (SSSR count). The van der Waals surface area contributed by atoms with Gasteiger partial charge in [-0.1, -0.05) is 51.5 Å². The Labute approximate surface area is 208 Å². The van der Waals surface area contributed by atoms with Gasteiger partial charge in [-0.05, 0) is 39.0 Å². The van der Waals surface area contributed by atoms with Crippen molar-refractivity contribution in [2.75, 3.05) is 19.8 Å². The van der Waals surface area contributed by atoms with Crippen molar-refractivity contribution in [1.29, 1.82) is 0 Å². The summed E-state index contributed by atoms with van der Waals surface area (Å²) in [6, 6.07) is -1.61. The van der Waals surface area contributed by atoms with Gasteiger partial charge in [-0.3, -0.25) is 14.4 Å². The predicted octanol–water partition coefficient (Wildman–Crippen LogP) is 2.45. The van der Waals surface area contributed by atoms with Gasteiger partial charge in [0, 0.05) is 12.6 Å². The number of hydrogen-bond donors (Lipinski definition) is 1. The maximum Gasteiger partial charge on any atom is 0.313 e. The van der Waals surface area contributed by atoms with E-state index >= 15 is 0 Å². The van der Waals surface area contributed by atoms with Crippen molar-refractivity contribution >= 4 is 17.8 Å². The number of rotatable bonds is 6. The number of hydrogen-bond acceptors (Lipinski definition) is 6. The predicted molar refractivity (Wildman–Crippen MR) is 130 cm³/mol. The van der Waals surface area contributed by atoms with Crippen LogP contribution >= 0.6 is 0 Å². The van der Waals surface area contributed by atoms with Crippen molar-refractivity contribution in [2.24, 2.45) is 17.8 Å². The summed E-state index contributed by atoms with van der Waals surface area (Å²) in [5.41, 5.74) is -2.36. The molecule has 4 heterocycles. The number of cyclic esters (lactones) is 1. The standard InChI is InChI=1S/C27H40N2O6/c1-6-18(5)19(16-30)29-22-24(32)28(17(3)4)14-11-13-27(22)20(23(29)31)21-25(33)34-15-10-8-9-12-26(21,7-2)35-27/h9,11-13,17-22,30H,6-8,10,14-16H2,1-5H3/b12-9-/t18-,19-,20-,21-,22?,26+,27-/m0/s1. The molecular formula is C27H40N2O6. The summed E-state index contributed by atoms with van der Waals surface area (Å²) in [5, 5.41) is 10.4. The molecule has 0 aromatic rings. The van der Waals surface area contributed by atoms with Gasteiger partial charge in [0.1, 0.15) is 23.2 Å². The van der Waals surface area contributed by atoms with Gasteiger partial charge in [0.05, 0.1) is 25.2 Å². The van der Waals surface area contributed by atoms with Gasteiger partial charge in [-0.15, -0.1) is 0 Å². The van der Waals surface area contributed by atoms with Crippen LogP contribution in [0.2, 0.25) is 0 Å². The summed E-state index contributed by atoms with van der Waals surface area (Å²) in [6.07, 6.45) is 10.3. The Morgan fingerprint density at radius 2 is 1.83 bits per heavy atom. The first-order chi connectivity index (χ1) is 16.7. The summed E-state index contributed by atoms with van der Waals surface area (Å²) in [6.45, 7) is 10.2. The van der Waals surface area contributed by atoms with Gasteiger partial charge in [-0.25, -0.2) is 0 Å². The summed E-state index contributed by atoms with van der Waals surface area (Å²) in [7, 11) is 0. The number of ether oxygens (including phenoxy) is 2. The third-order valence-corrected chi connectivity index (χ3v) is 8.57. The van der Waals surface area contributed by atoms with Gasteiger partial charge in [-0.2, -0.15) is 0 Å². The van der Waals surface area contributed by atoms with Gasteiger partial charge in [0.15, 0.2) is 0 Å². The zero-order chi connectivity index (χ0) is 25.5. The van der Waals surface area contributed by atoms with Crippen LogP contribution in [0.3, 0.4) is 0 Å². The molecule has 1 N–H and O–H groups in total. The summed E-state index contributed by atoms with van der Waals surface area (Å²) in [4.78, 5) is 45.3. The number of fused-ring (bicyclic) bond motifs is 2. The normalized spacial score (nSPS) is 37.6. The lowest BCUT2D eigenvalue weighted by Crippen LogP contribution is -2.60. The number of carbonyl (C=O) groups is 3. The van der Waals surface area contributed by atoms with Crippen LogP contribution in [-0.4, -0.2) is 81.8 Å². The number of likely N-dealkylation sites (tertiary alicyclic amines) is 1. The maximum absolute atomic E-state index is 14.3. The van der Waals surface area contributed by atoms with E-state index in [1.165, 1.54) is 0 Å². The molecule has 0 aliphatic carbocycles. The average Bonchev–Trinajstić information content (AvgIpc) is 3.21. The van der Waals surface area contributed by atoms with Crippen molar-refractivity contribution < 1.29 is 29.0 Å². The number of allylic oxidation sites excluding steroid dienone is 1. The van der Waals surface area contributed by atoms with Crippen LogP contribution in [0.1, 0.15) is 60.3 Å². The van der Waals surface area contributed by atoms with Crippen molar-refractivity contribution in [3.63, 3.8) is 0 Å². The largest absolute Gasteiger partial charge is 0.465 e. The molecule has 4 aliphatic heterocycles. The van der Waals surface area contributed by atoms with Crippen LogP contribution in [0.5, 0.6) is 0 Å². The molecule has 0 aromatic heterocycles. The first-order valence-electron chi connectivity index (χ1n) is 13.1. The highest BCUT2D eigenvalue weighted by Gasteiger charge is 2.76. The first kappa shape index (κ1) is 25.9. The fourth-order valence-corrected chi connectivity index (χ4v) is 6.47. The molecule has 0 aromatic carbocycles. The minimum absolute atomic E-state index is 0.0457. The third kappa shape index (κ3) is 3.84. The molecule has 35 heavy (non-hydrogen) atoms. The lowest BCUT2D eigenvalue weighted by atomic mass is 9.73. The number of nitrogens with zero attached hydrogens (tertiary/aromatic N) is 2. The molecule has 0 radical (unpaired) electrons. The van der Waals surface area contributed by atoms with Crippen molar-refractivity contribution in [2.45, 2.75) is 89.6 Å². The summed E-state index contributed by atoms with van der Waals surface area (Å²) in [5.74, 6) is -2.81. The van der Waals surface area contributed by atoms with E-state index in [0.29, 0.717) is 19.4 Å². The summed E-state index contributed by atoms with van der Waals surface area (Å²) < 4.78 is 12.5. The second kappa shape index (κ2) is 9.69. The first-order valence-corrected chi connectivity index (χ1v) is 13.1.